The molecule has 0 unspecified atom stereocenters. The molecule has 5 nitrogen and oxygen atoms in total. The van der Waals surface area contributed by atoms with Gasteiger partial charge in [-0.3, -0.25) is 9.59 Å². The Bertz CT molecular complexity index is 841. The number of methoxy groups -OCH3 is 1. The molecule has 0 aliphatic heterocycles. The van der Waals surface area contributed by atoms with Gasteiger partial charge in [-0.1, -0.05) is 31.4 Å². The van der Waals surface area contributed by atoms with E-state index < -0.39 is 5.41 Å². The monoisotopic (exact) mass is 412 g/mol. The highest BCUT2D eigenvalue weighted by Gasteiger charge is 2.41. The van der Waals surface area contributed by atoms with Crippen LogP contribution < -0.4 is 10.1 Å². The first-order chi connectivity index (χ1) is 13.9. The van der Waals surface area contributed by atoms with Crippen LogP contribution in [0.15, 0.2) is 53.4 Å². The number of hydrogen-bond donors (Lipinski definition) is 1. The molecule has 1 aliphatic rings. The fourth-order valence-electron chi connectivity index (χ4n) is 3.76. The molecular weight excluding hydrogens is 384 g/mol. The number of thioether (sulfide) groups is 1. The van der Waals surface area contributed by atoms with E-state index in [9.17, 15) is 9.59 Å². The minimum absolute atomic E-state index is 0.0255. The molecule has 0 radical (unpaired) electrons. The zero-order chi connectivity index (χ0) is 20.9. The van der Waals surface area contributed by atoms with Gasteiger partial charge in [-0.2, -0.15) is 0 Å². The van der Waals surface area contributed by atoms with E-state index in [1.807, 2.05) is 48.5 Å². The molecule has 2 aromatic carbocycles. The summed E-state index contributed by atoms with van der Waals surface area (Å²) >= 11 is 1.17. The maximum atomic E-state index is 13.4. The summed E-state index contributed by atoms with van der Waals surface area (Å²) in [6.07, 6.45) is 4.94. The Morgan fingerprint density at radius 2 is 1.59 bits per heavy atom. The van der Waals surface area contributed by atoms with Gasteiger partial charge in [-0.25, -0.2) is 0 Å². The highest BCUT2D eigenvalue weighted by molar-refractivity contribution is 8.13. The Morgan fingerprint density at radius 1 is 0.966 bits per heavy atom. The van der Waals surface area contributed by atoms with Crippen molar-refractivity contribution in [2.45, 2.75) is 42.4 Å². The number of carbonyl (C=O) groups excluding carboxylic acids is 2. The number of carbonyl (C=O) groups is 2. The number of hydrogen-bond acceptors (Lipinski definition) is 4. The molecular formula is C23H28N2O3S. The summed E-state index contributed by atoms with van der Waals surface area (Å²) in [7, 11) is 5.10. The lowest BCUT2D eigenvalue weighted by molar-refractivity contribution is -0.122. The van der Waals surface area contributed by atoms with Crippen molar-refractivity contribution in [3.05, 3.63) is 54.1 Å². The van der Waals surface area contributed by atoms with Crippen molar-refractivity contribution in [1.82, 2.24) is 4.90 Å². The number of rotatable bonds is 5. The van der Waals surface area contributed by atoms with Crippen molar-refractivity contribution in [1.29, 1.82) is 0 Å². The molecule has 1 fully saturated rings. The summed E-state index contributed by atoms with van der Waals surface area (Å²) in [5.41, 5.74) is 1.27. The first-order valence-corrected chi connectivity index (χ1v) is 10.7. The van der Waals surface area contributed by atoms with Crippen LogP contribution in [-0.4, -0.2) is 37.3 Å². The maximum Gasteiger partial charge on any atom is 0.285 e. The number of nitrogens with zero attached hydrogens (tertiary/aromatic N) is 1. The van der Waals surface area contributed by atoms with E-state index in [4.69, 9.17) is 4.74 Å². The van der Waals surface area contributed by atoms with E-state index in [2.05, 4.69) is 5.32 Å². The zero-order valence-electron chi connectivity index (χ0n) is 17.2. The van der Waals surface area contributed by atoms with E-state index in [0.29, 0.717) is 0 Å². The van der Waals surface area contributed by atoms with Gasteiger partial charge in [-0.15, -0.1) is 0 Å². The number of amides is 2. The third-order valence-electron chi connectivity index (χ3n) is 5.47. The minimum atomic E-state index is -0.515. The van der Waals surface area contributed by atoms with E-state index in [1.54, 1.807) is 26.1 Å². The lowest BCUT2D eigenvalue weighted by atomic mass is 9.68. The predicted octanol–water partition coefficient (Wildman–Crippen LogP) is 5.31. The molecule has 154 valence electrons. The molecule has 0 heterocycles. The molecule has 1 aliphatic carbocycles. The van der Waals surface area contributed by atoms with Crippen molar-refractivity contribution in [2.24, 2.45) is 0 Å². The van der Waals surface area contributed by atoms with Crippen molar-refractivity contribution in [3.8, 4) is 5.75 Å². The molecule has 3 rings (SSSR count). The molecule has 1 N–H and O–H groups in total. The quantitative estimate of drug-likeness (QED) is 0.676. The summed E-state index contributed by atoms with van der Waals surface area (Å²) in [6, 6.07) is 15.3. The molecule has 2 aromatic rings. The molecule has 1 saturated carbocycles. The van der Waals surface area contributed by atoms with Gasteiger partial charge in [0.15, 0.2) is 0 Å². The van der Waals surface area contributed by atoms with Crippen molar-refractivity contribution >= 4 is 28.6 Å². The Hall–Kier alpha value is -2.47. The largest absolute Gasteiger partial charge is 0.497 e. The van der Waals surface area contributed by atoms with Gasteiger partial charge in [0.2, 0.25) is 5.91 Å². The highest BCUT2D eigenvalue weighted by Crippen LogP contribution is 2.41. The second kappa shape index (κ2) is 9.35. The predicted molar refractivity (Wildman–Crippen MR) is 118 cm³/mol. The molecule has 6 heteroatoms. The van der Waals surface area contributed by atoms with Crippen molar-refractivity contribution in [2.75, 3.05) is 26.5 Å². The topological polar surface area (TPSA) is 58.6 Å². The van der Waals surface area contributed by atoms with Crippen molar-refractivity contribution in [3.63, 3.8) is 0 Å². The standard InChI is InChI=1S/C23H28N2O3S/c1-25(2)22(27)29-20-13-9-18(10-14-20)24-21(26)23(15-5-4-6-16-23)17-7-11-19(28-3)12-8-17/h7-14H,4-6,15-16H2,1-3H3,(H,24,26). The van der Waals surface area contributed by atoms with Gasteiger partial charge in [0.1, 0.15) is 5.75 Å². The van der Waals surface area contributed by atoms with Gasteiger partial charge in [0.25, 0.3) is 5.24 Å². The number of anilines is 1. The molecule has 0 saturated heterocycles. The van der Waals surface area contributed by atoms with Crippen LogP contribution in [0, 0.1) is 0 Å². The Balaban J connectivity index is 1.77. The van der Waals surface area contributed by atoms with Crippen LogP contribution in [0.3, 0.4) is 0 Å². The summed E-state index contributed by atoms with van der Waals surface area (Å²) in [4.78, 5) is 27.6. The molecule has 2 amide bonds. The fourth-order valence-corrected chi connectivity index (χ4v) is 4.42. The molecule has 0 bridgehead atoms. The first kappa shape index (κ1) is 21.2. The summed E-state index contributed by atoms with van der Waals surface area (Å²) in [6.45, 7) is 0. The Kier molecular flexibility index (Phi) is 6.85. The number of ether oxygens (including phenoxy) is 1. The average molecular weight is 413 g/mol. The Labute approximate surface area is 176 Å². The normalized spacial score (nSPS) is 15.4. The second-order valence-corrected chi connectivity index (χ2v) is 8.64. The van der Waals surface area contributed by atoms with E-state index in [-0.39, 0.29) is 11.1 Å². The Morgan fingerprint density at radius 3 is 2.14 bits per heavy atom. The molecule has 0 spiro atoms. The van der Waals surface area contributed by atoms with E-state index in [0.717, 1.165) is 54.0 Å². The van der Waals surface area contributed by atoms with Crippen LogP contribution in [0.4, 0.5) is 10.5 Å². The minimum Gasteiger partial charge on any atom is -0.497 e. The first-order valence-electron chi connectivity index (χ1n) is 9.90. The van der Waals surface area contributed by atoms with Crippen molar-refractivity contribution < 1.29 is 14.3 Å². The second-order valence-electron chi connectivity index (χ2n) is 7.61. The van der Waals surface area contributed by atoms with E-state index in [1.165, 1.54) is 11.8 Å². The highest BCUT2D eigenvalue weighted by atomic mass is 32.2. The zero-order valence-corrected chi connectivity index (χ0v) is 18.1. The van der Waals surface area contributed by atoms with Gasteiger partial charge >= 0.3 is 0 Å². The van der Waals surface area contributed by atoms with Crippen LogP contribution in [0.1, 0.15) is 37.7 Å². The summed E-state index contributed by atoms with van der Waals surface area (Å²) in [5.74, 6) is 0.826. The average Bonchev–Trinajstić information content (AvgIpc) is 2.75. The molecule has 0 aromatic heterocycles. The lowest BCUT2D eigenvalue weighted by Crippen LogP contribution is -2.42. The lowest BCUT2D eigenvalue weighted by Gasteiger charge is -2.36. The van der Waals surface area contributed by atoms with Gasteiger partial charge in [0, 0.05) is 24.7 Å². The third kappa shape index (κ3) is 4.93. The molecule has 0 atom stereocenters. The smallest absolute Gasteiger partial charge is 0.285 e. The van der Waals surface area contributed by atoms with Gasteiger partial charge in [-0.05, 0) is 66.6 Å². The number of nitrogens with one attached hydrogen (secondary N) is 1. The summed E-state index contributed by atoms with van der Waals surface area (Å²) < 4.78 is 5.27. The third-order valence-corrected chi connectivity index (χ3v) is 6.51. The van der Waals surface area contributed by atoms with Crippen LogP contribution in [0.25, 0.3) is 0 Å². The van der Waals surface area contributed by atoms with Crippen LogP contribution in [0.2, 0.25) is 0 Å². The number of benzene rings is 2. The van der Waals surface area contributed by atoms with Gasteiger partial charge < -0.3 is 15.0 Å². The maximum absolute atomic E-state index is 13.4. The fraction of sp³-hybridized carbons (Fsp3) is 0.391. The van der Waals surface area contributed by atoms with Crippen LogP contribution in [0.5, 0.6) is 5.75 Å². The van der Waals surface area contributed by atoms with Crippen LogP contribution >= 0.6 is 11.8 Å². The SMILES string of the molecule is COc1ccc(C2(C(=O)Nc3ccc(SC(=O)N(C)C)cc3)CCCCC2)cc1. The van der Waals surface area contributed by atoms with Crippen LogP contribution in [-0.2, 0) is 10.2 Å². The molecule has 29 heavy (non-hydrogen) atoms. The van der Waals surface area contributed by atoms with E-state index >= 15 is 0 Å². The summed E-state index contributed by atoms with van der Waals surface area (Å²) in [5, 5.41) is 3.08. The van der Waals surface area contributed by atoms with Gasteiger partial charge in [0.05, 0.1) is 12.5 Å².